The van der Waals surface area contributed by atoms with E-state index in [1.165, 1.54) is 0 Å². The molecule has 0 saturated carbocycles. The second-order valence-corrected chi connectivity index (χ2v) is 6.68. The van der Waals surface area contributed by atoms with E-state index in [9.17, 15) is 0 Å². The molecule has 0 N–H and O–H groups in total. The first-order valence-electron chi connectivity index (χ1n) is 6.92. The number of halogens is 2. The van der Waals surface area contributed by atoms with Crippen LogP contribution in [0.5, 0.6) is 5.75 Å². The first kappa shape index (κ1) is 16.1. The SMILES string of the molecule is Cc1cc(Cl)c(OCCN2C[C@@H](C)O[C@@H](C)C2)c(Br)c1. The zero-order chi connectivity index (χ0) is 14.7. The van der Waals surface area contributed by atoms with Gasteiger partial charge in [0.15, 0.2) is 5.75 Å². The first-order chi connectivity index (χ1) is 9.45. The van der Waals surface area contributed by atoms with Gasteiger partial charge in [-0.2, -0.15) is 0 Å². The molecule has 1 aromatic carbocycles. The molecule has 1 aromatic rings. The van der Waals surface area contributed by atoms with Crippen LogP contribution in [0.1, 0.15) is 19.4 Å². The van der Waals surface area contributed by atoms with Crippen molar-refractivity contribution in [2.45, 2.75) is 33.0 Å². The fourth-order valence-corrected chi connectivity index (χ4v) is 3.70. The number of benzene rings is 1. The quantitative estimate of drug-likeness (QED) is 0.811. The van der Waals surface area contributed by atoms with Crippen molar-refractivity contribution >= 4 is 27.5 Å². The Morgan fingerprint density at radius 2 is 2.00 bits per heavy atom. The zero-order valence-electron chi connectivity index (χ0n) is 12.2. The average Bonchev–Trinajstić information content (AvgIpc) is 2.31. The van der Waals surface area contributed by atoms with Crippen molar-refractivity contribution in [1.29, 1.82) is 0 Å². The van der Waals surface area contributed by atoms with E-state index in [0.717, 1.165) is 35.4 Å². The molecule has 0 amide bonds. The van der Waals surface area contributed by atoms with E-state index in [-0.39, 0.29) is 12.2 Å². The minimum Gasteiger partial charge on any atom is -0.490 e. The van der Waals surface area contributed by atoms with Crippen LogP contribution in [0.15, 0.2) is 16.6 Å². The van der Waals surface area contributed by atoms with Crippen molar-refractivity contribution in [2.75, 3.05) is 26.2 Å². The van der Waals surface area contributed by atoms with Gasteiger partial charge in [0.25, 0.3) is 0 Å². The van der Waals surface area contributed by atoms with Crippen LogP contribution in [0, 0.1) is 6.92 Å². The minimum atomic E-state index is 0.286. The van der Waals surface area contributed by atoms with Crippen molar-refractivity contribution in [3.63, 3.8) is 0 Å². The summed E-state index contributed by atoms with van der Waals surface area (Å²) in [6.45, 7) is 9.65. The van der Waals surface area contributed by atoms with Crippen LogP contribution in [-0.4, -0.2) is 43.3 Å². The smallest absolute Gasteiger partial charge is 0.152 e. The van der Waals surface area contributed by atoms with Crippen LogP contribution in [0.25, 0.3) is 0 Å². The molecule has 1 saturated heterocycles. The molecule has 0 bridgehead atoms. The number of hydrogen-bond acceptors (Lipinski definition) is 3. The molecule has 0 aliphatic carbocycles. The number of aryl methyl sites for hydroxylation is 1. The molecule has 112 valence electrons. The summed E-state index contributed by atoms with van der Waals surface area (Å²) in [4.78, 5) is 2.37. The maximum Gasteiger partial charge on any atom is 0.152 e. The van der Waals surface area contributed by atoms with Crippen molar-refractivity contribution in [3.05, 3.63) is 27.2 Å². The third-order valence-corrected chi connectivity index (χ3v) is 4.16. The topological polar surface area (TPSA) is 21.7 Å². The Bertz CT molecular complexity index is 436. The molecule has 2 atom stereocenters. The normalized spacial score (nSPS) is 23.9. The van der Waals surface area contributed by atoms with Gasteiger partial charge in [0, 0.05) is 19.6 Å². The molecule has 2 rings (SSSR count). The standard InChI is InChI=1S/C15H21BrClNO2/c1-10-6-13(16)15(14(17)7-10)19-5-4-18-8-11(2)20-12(3)9-18/h6-7,11-12H,4-5,8-9H2,1-3H3/t11-,12+. The van der Waals surface area contributed by atoms with Gasteiger partial charge in [0.05, 0.1) is 21.7 Å². The molecule has 5 heteroatoms. The Morgan fingerprint density at radius 3 is 2.60 bits per heavy atom. The number of nitrogens with zero attached hydrogens (tertiary/aromatic N) is 1. The highest BCUT2D eigenvalue weighted by molar-refractivity contribution is 9.10. The molecule has 1 aliphatic heterocycles. The number of hydrogen-bond donors (Lipinski definition) is 0. The van der Waals surface area contributed by atoms with Crippen LogP contribution < -0.4 is 4.74 Å². The largest absolute Gasteiger partial charge is 0.490 e. The lowest BCUT2D eigenvalue weighted by atomic mass is 10.2. The highest BCUT2D eigenvalue weighted by Gasteiger charge is 2.21. The van der Waals surface area contributed by atoms with E-state index in [4.69, 9.17) is 21.1 Å². The Labute approximate surface area is 134 Å². The molecule has 3 nitrogen and oxygen atoms in total. The van der Waals surface area contributed by atoms with Gasteiger partial charge in [0.1, 0.15) is 6.61 Å². The van der Waals surface area contributed by atoms with Crippen molar-refractivity contribution in [3.8, 4) is 5.75 Å². The number of morpholine rings is 1. The summed E-state index contributed by atoms with van der Waals surface area (Å²) in [5, 5.41) is 0.653. The van der Waals surface area contributed by atoms with Gasteiger partial charge < -0.3 is 9.47 Å². The van der Waals surface area contributed by atoms with Gasteiger partial charge in [-0.25, -0.2) is 0 Å². The maximum absolute atomic E-state index is 6.21. The fourth-order valence-electron chi connectivity index (χ4n) is 2.57. The monoisotopic (exact) mass is 361 g/mol. The summed E-state index contributed by atoms with van der Waals surface area (Å²) < 4.78 is 12.5. The third-order valence-electron chi connectivity index (χ3n) is 3.29. The molecule has 0 aromatic heterocycles. The molecular formula is C15H21BrClNO2. The van der Waals surface area contributed by atoms with E-state index in [2.05, 4.69) is 34.7 Å². The van der Waals surface area contributed by atoms with Gasteiger partial charge >= 0.3 is 0 Å². The lowest BCUT2D eigenvalue weighted by Crippen LogP contribution is -2.46. The average molecular weight is 363 g/mol. The second-order valence-electron chi connectivity index (χ2n) is 5.42. The predicted octanol–water partition coefficient (Wildman–Crippen LogP) is 3.90. The van der Waals surface area contributed by atoms with E-state index in [0.29, 0.717) is 11.6 Å². The second kappa shape index (κ2) is 7.12. The van der Waals surface area contributed by atoms with Gasteiger partial charge in [-0.3, -0.25) is 4.90 Å². The summed E-state index contributed by atoms with van der Waals surface area (Å²) in [5.41, 5.74) is 1.12. The summed E-state index contributed by atoms with van der Waals surface area (Å²) in [5.74, 6) is 0.728. The fraction of sp³-hybridized carbons (Fsp3) is 0.600. The van der Waals surface area contributed by atoms with Crippen molar-refractivity contribution < 1.29 is 9.47 Å². The van der Waals surface area contributed by atoms with Crippen molar-refractivity contribution in [1.82, 2.24) is 4.90 Å². The van der Waals surface area contributed by atoms with Crippen LogP contribution in [0.2, 0.25) is 5.02 Å². The minimum absolute atomic E-state index is 0.286. The molecule has 1 aliphatic rings. The Kier molecular flexibility index (Phi) is 5.73. The number of ether oxygens (including phenoxy) is 2. The summed E-state index contributed by atoms with van der Waals surface area (Å²) in [7, 11) is 0. The summed E-state index contributed by atoms with van der Waals surface area (Å²) in [6, 6.07) is 3.93. The van der Waals surface area contributed by atoms with Crippen molar-refractivity contribution in [2.24, 2.45) is 0 Å². The van der Waals surface area contributed by atoms with Crippen LogP contribution in [0.3, 0.4) is 0 Å². The first-order valence-corrected chi connectivity index (χ1v) is 8.09. The Morgan fingerprint density at radius 1 is 1.35 bits per heavy atom. The summed E-state index contributed by atoms with van der Waals surface area (Å²) in [6.07, 6.45) is 0.571. The Hall–Kier alpha value is -0.290. The Balaban J connectivity index is 1.87. The highest BCUT2D eigenvalue weighted by atomic mass is 79.9. The summed E-state index contributed by atoms with van der Waals surface area (Å²) >= 11 is 9.71. The van der Waals surface area contributed by atoms with E-state index in [1.54, 1.807) is 0 Å². The van der Waals surface area contributed by atoms with E-state index < -0.39 is 0 Å². The van der Waals surface area contributed by atoms with Crippen LogP contribution in [-0.2, 0) is 4.74 Å². The van der Waals surface area contributed by atoms with E-state index >= 15 is 0 Å². The lowest BCUT2D eigenvalue weighted by molar-refractivity contribution is -0.0699. The maximum atomic E-state index is 6.21. The number of rotatable bonds is 4. The highest BCUT2D eigenvalue weighted by Crippen LogP contribution is 2.34. The third kappa shape index (κ3) is 4.35. The molecule has 0 spiro atoms. The van der Waals surface area contributed by atoms with Gasteiger partial charge in [0.2, 0.25) is 0 Å². The zero-order valence-corrected chi connectivity index (χ0v) is 14.5. The molecule has 0 unspecified atom stereocenters. The molecule has 20 heavy (non-hydrogen) atoms. The molecule has 1 fully saturated rings. The van der Waals surface area contributed by atoms with Crippen LogP contribution in [0.4, 0.5) is 0 Å². The molecule has 1 heterocycles. The molecule has 0 radical (unpaired) electrons. The van der Waals surface area contributed by atoms with Gasteiger partial charge in [-0.1, -0.05) is 11.6 Å². The lowest BCUT2D eigenvalue weighted by Gasteiger charge is -2.35. The van der Waals surface area contributed by atoms with Gasteiger partial charge in [-0.15, -0.1) is 0 Å². The predicted molar refractivity (Wildman–Crippen MR) is 85.8 cm³/mol. The molecular weight excluding hydrogens is 342 g/mol. The van der Waals surface area contributed by atoms with Crippen LogP contribution >= 0.6 is 27.5 Å². The van der Waals surface area contributed by atoms with E-state index in [1.807, 2.05) is 19.1 Å². The van der Waals surface area contributed by atoms with Gasteiger partial charge in [-0.05, 0) is 54.4 Å².